The van der Waals surface area contributed by atoms with E-state index in [4.69, 9.17) is 4.42 Å². The molecular formula is C21H18N2O5S2. The third-order valence-corrected chi connectivity index (χ3v) is 8.12. The minimum Gasteiger partial charge on any atom is -0.462 e. The van der Waals surface area contributed by atoms with E-state index >= 15 is 0 Å². The smallest absolute Gasteiger partial charge is 0.211 e. The average molecular weight is 443 g/mol. The van der Waals surface area contributed by atoms with Crippen molar-refractivity contribution in [3.8, 4) is 0 Å². The normalized spacial score (nSPS) is 18.9. The molecule has 1 N–H and O–H groups in total. The van der Waals surface area contributed by atoms with Gasteiger partial charge < -0.3 is 8.54 Å². The zero-order valence-electron chi connectivity index (χ0n) is 16.2. The predicted octanol–water partition coefficient (Wildman–Crippen LogP) is 2.77. The van der Waals surface area contributed by atoms with Gasteiger partial charge in [0.1, 0.15) is 31.6 Å². The summed E-state index contributed by atoms with van der Waals surface area (Å²) in [5, 5.41) is 0. The average Bonchev–Trinajstić information content (AvgIpc) is 3.30. The molecule has 7 nitrogen and oxygen atoms in total. The Balaban J connectivity index is 0.000000151. The Bertz CT molecular complexity index is 1360. The van der Waals surface area contributed by atoms with Gasteiger partial charge in [-0.05, 0) is 43.3 Å². The Morgan fingerprint density at radius 2 is 1.43 bits per heavy atom. The molecule has 0 bridgehead atoms. The van der Waals surface area contributed by atoms with Crippen molar-refractivity contribution in [2.24, 2.45) is 0 Å². The number of aryl methyl sites for hydroxylation is 1. The molecule has 0 atom stereocenters. The first-order valence-corrected chi connectivity index (χ1v) is 11.9. The van der Waals surface area contributed by atoms with Crippen LogP contribution in [0.3, 0.4) is 0 Å². The van der Waals surface area contributed by atoms with Gasteiger partial charge in [-0.3, -0.25) is 0 Å². The lowest BCUT2D eigenvalue weighted by Gasteiger charge is -2.05. The van der Waals surface area contributed by atoms with Crippen LogP contribution >= 0.6 is 0 Å². The SMILES string of the molecule is CC1=[NH+]c2ccccc2/C1=C/c1ccc(C)o1.O=S1(=O)[N-]S(=O)(=O)c2ccccc21. The van der Waals surface area contributed by atoms with E-state index in [-0.39, 0.29) is 9.79 Å². The number of para-hydroxylation sites is 1. The van der Waals surface area contributed by atoms with Gasteiger partial charge in [0.2, 0.25) is 5.69 Å². The van der Waals surface area contributed by atoms with E-state index in [1.54, 1.807) is 0 Å². The summed E-state index contributed by atoms with van der Waals surface area (Å²) in [7, 11) is -7.95. The molecule has 0 spiro atoms. The summed E-state index contributed by atoms with van der Waals surface area (Å²) in [6, 6.07) is 17.6. The lowest BCUT2D eigenvalue weighted by atomic mass is 10.0. The topological polar surface area (TPSA) is 109 Å². The van der Waals surface area contributed by atoms with Crippen LogP contribution in [0.4, 0.5) is 5.69 Å². The molecule has 3 aromatic rings. The molecule has 2 aliphatic rings. The lowest BCUT2D eigenvalue weighted by Crippen LogP contribution is -2.62. The van der Waals surface area contributed by atoms with Crippen molar-refractivity contribution < 1.29 is 26.2 Å². The molecule has 3 heterocycles. The van der Waals surface area contributed by atoms with Crippen molar-refractivity contribution in [2.75, 3.05) is 0 Å². The molecule has 2 aliphatic heterocycles. The molecule has 2 aromatic carbocycles. The number of allylic oxidation sites excluding steroid dienone is 1. The molecule has 0 amide bonds. The first-order chi connectivity index (χ1) is 14.2. The van der Waals surface area contributed by atoms with Gasteiger partial charge in [0.25, 0.3) is 0 Å². The fourth-order valence-electron chi connectivity index (χ4n) is 3.24. The van der Waals surface area contributed by atoms with Crippen LogP contribution in [0, 0.1) is 6.92 Å². The fraction of sp³-hybridized carbons (Fsp3) is 0.0952. The Labute approximate surface area is 174 Å². The van der Waals surface area contributed by atoms with Crippen molar-refractivity contribution in [3.05, 3.63) is 81.9 Å². The van der Waals surface area contributed by atoms with E-state index in [0.717, 1.165) is 11.5 Å². The largest absolute Gasteiger partial charge is 0.462 e. The van der Waals surface area contributed by atoms with Gasteiger partial charge >= 0.3 is 0 Å². The highest BCUT2D eigenvalue weighted by Crippen LogP contribution is 2.37. The molecule has 30 heavy (non-hydrogen) atoms. The van der Waals surface area contributed by atoms with E-state index < -0.39 is 20.0 Å². The predicted molar refractivity (Wildman–Crippen MR) is 113 cm³/mol. The van der Waals surface area contributed by atoms with Crippen molar-refractivity contribution in [2.45, 2.75) is 23.6 Å². The molecule has 1 aromatic heterocycles. The molecule has 0 fully saturated rings. The Hall–Kier alpha value is -3.01. The number of sulfonamides is 2. The monoisotopic (exact) mass is 442 g/mol. The standard InChI is InChI=1S/C15H13NO.C6H4NO4S2/c1-10-7-8-12(17-10)9-14-11(2)16-15-6-4-3-5-13(14)15;8-12(9)5-3-1-2-4-6(5)13(10,11)7-12/h3-9H,1-2H3;1-4H/q;-1/p+1/b14-9+;. The number of fused-ring (bicyclic) bond motifs is 2. The lowest BCUT2D eigenvalue weighted by molar-refractivity contribution is -0.349. The summed E-state index contributed by atoms with van der Waals surface area (Å²) in [5.41, 5.74) is 4.77. The van der Waals surface area contributed by atoms with Gasteiger partial charge in [-0.15, -0.1) is 0 Å². The second-order valence-corrected chi connectivity index (χ2v) is 10.1. The highest BCUT2D eigenvalue weighted by atomic mass is 32.3. The van der Waals surface area contributed by atoms with Crippen LogP contribution in [0.5, 0.6) is 0 Å². The highest BCUT2D eigenvalue weighted by Gasteiger charge is 2.26. The number of rotatable bonds is 1. The van der Waals surface area contributed by atoms with Crippen LogP contribution in [0.25, 0.3) is 15.8 Å². The Morgan fingerprint density at radius 3 is 2.03 bits per heavy atom. The van der Waals surface area contributed by atoms with Gasteiger partial charge in [-0.1, -0.05) is 24.3 Å². The minimum absolute atomic E-state index is 0.241. The van der Waals surface area contributed by atoms with E-state index in [1.165, 1.54) is 46.8 Å². The molecule has 0 radical (unpaired) electrons. The third-order valence-electron chi connectivity index (χ3n) is 4.59. The number of hydrogen-bond donors (Lipinski definition) is 1. The Morgan fingerprint density at radius 1 is 0.833 bits per heavy atom. The zero-order valence-corrected chi connectivity index (χ0v) is 17.8. The van der Waals surface area contributed by atoms with Gasteiger partial charge in [-0.25, -0.2) is 21.8 Å². The summed E-state index contributed by atoms with van der Waals surface area (Å²) in [6.07, 6.45) is 2.08. The van der Waals surface area contributed by atoms with E-state index in [2.05, 4.69) is 40.3 Å². The number of hydrogen-bond acceptors (Lipinski definition) is 5. The van der Waals surface area contributed by atoms with Crippen molar-refractivity contribution in [1.29, 1.82) is 0 Å². The maximum absolute atomic E-state index is 11.1. The Kier molecular flexibility index (Phi) is 4.97. The first-order valence-electron chi connectivity index (χ1n) is 8.99. The van der Waals surface area contributed by atoms with Crippen molar-refractivity contribution in [3.63, 3.8) is 0 Å². The number of nitrogens with one attached hydrogen (secondary N) is 1. The summed E-state index contributed by atoms with van der Waals surface area (Å²) in [5.74, 6) is 1.84. The molecule has 9 heteroatoms. The number of nitrogens with zero attached hydrogens (tertiary/aromatic N) is 1. The minimum atomic E-state index is -3.98. The van der Waals surface area contributed by atoms with Crippen LogP contribution in [0.2, 0.25) is 0 Å². The maximum Gasteiger partial charge on any atom is 0.211 e. The molecule has 0 aliphatic carbocycles. The summed E-state index contributed by atoms with van der Waals surface area (Å²) < 4.78 is 52.8. The highest BCUT2D eigenvalue weighted by molar-refractivity contribution is 8.14. The van der Waals surface area contributed by atoms with E-state index in [1.807, 2.05) is 25.1 Å². The molecule has 5 rings (SSSR count). The fourth-order valence-corrected chi connectivity index (χ4v) is 6.70. The van der Waals surface area contributed by atoms with Crippen LogP contribution < -0.4 is 4.99 Å². The summed E-state index contributed by atoms with van der Waals surface area (Å²) in [6.45, 7) is 4.04. The van der Waals surface area contributed by atoms with Crippen LogP contribution in [0.15, 0.2) is 74.9 Å². The first kappa shape index (κ1) is 20.3. The third kappa shape index (κ3) is 3.74. The van der Waals surface area contributed by atoms with Crippen LogP contribution in [-0.2, 0) is 20.0 Å². The van der Waals surface area contributed by atoms with E-state index in [0.29, 0.717) is 0 Å². The van der Waals surface area contributed by atoms with Gasteiger partial charge in [0.05, 0.1) is 20.9 Å². The molecule has 0 saturated heterocycles. The molecule has 0 saturated carbocycles. The maximum atomic E-state index is 11.1. The number of furan rings is 1. The van der Waals surface area contributed by atoms with Crippen molar-refractivity contribution in [1.82, 2.24) is 0 Å². The molecule has 0 unspecified atom stereocenters. The van der Waals surface area contributed by atoms with Gasteiger partial charge in [0.15, 0.2) is 5.71 Å². The quantitative estimate of drug-likeness (QED) is 0.623. The van der Waals surface area contributed by atoms with Crippen LogP contribution in [-0.4, -0.2) is 22.5 Å². The second kappa shape index (κ2) is 7.35. The van der Waals surface area contributed by atoms with E-state index in [9.17, 15) is 16.8 Å². The molecule has 154 valence electrons. The van der Waals surface area contributed by atoms with Crippen LogP contribution in [0.1, 0.15) is 24.0 Å². The van der Waals surface area contributed by atoms with Crippen molar-refractivity contribution >= 4 is 43.1 Å². The molecular weight excluding hydrogens is 424 g/mol. The summed E-state index contributed by atoms with van der Waals surface area (Å²) >= 11 is 0. The van der Waals surface area contributed by atoms with Gasteiger partial charge in [0, 0.05) is 13.0 Å². The van der Waals surface area contributed by atoms with Gasteiger partial charge in [-0.2, -0.15) is 0 Å². The second-order valence-electron chi connectivity index (χ2n) is 6.77. The zero-order chi connectivity index (χ0) is 21.5. The summed E-state index contributed by atoms with van der Waals surface area (Å²) in [4.78, 5) is 2.90. The number of benzene rings is 2.